The number of benzene rings is 1. The van der Waals surface area contributed by atoms with E-state index < -0.39 is 0 Å². The van der Waals surface area contributed by atoms with E-state index in [0.717, 1.165) is 12.2 Å². The highest BCUT2D eigenvalue weighted by Crippen LogP contribution is 2.12. The van der Waals surface area contributed by atoms with Crippen LogP contribution in [0.1, 0.15) is 13.3 Å². The lowest BCUT2D eigenvalue weighted by Crippen LogP contribution is -2.18. The Morgan fingerprint density at radius 2 is 2.00 bits per heavy atom. The Kier molecular flexibility index (Phi) is 5.49. The van der Waals surface area contributed by atoms with E-state index in [0.29, 0.717) is 6.61 Å². The molecule has 0 aliphatic carbocycles. The largest absolute Gasteiger partial charge is 0.491 e. The van der Waals surface area contributed by atoms with Crippen LogP contribution in [0.2, 0.25) is 0 Å². The maximum atomic E-state index is 5.57. The van der Waals surface area contributed by atoms with Gasteiger partial charge in [-0.15, -0.1) is 0 Å². The van der Waals surface area contributed by atoms with Crippen LogP contribution in [0.3, 0.4) is 0 Å². The van der Waals surface area contributed by atoms with E-state index in [4.69, 9.17) is 8.92 Å². The van der Waals surface area contributed by atoms with E-state index >= 15 is 0 Å². The number of para-hydroxylation sites is 1. The summed E-state index contributed by atoms with van der Waals surface area (Å²) < 4.78 is 11.0. The van der Waals surface area contributed by atoms with Crippen LogP contribution in [0.25, 0.3) is 0 Å². The molecule has 0 saturated heterocycles. The van der Waals surface area contributed by atoms with E-state index in [-0.39, 0.29) is 6.10 Å². The van der Waals surface area contributed by atoms with Crippen molar-refractivity contribution in [3.05, 3.63) is 30.3 Å². The van der Waals surface area contributed by atoms with Crippen LogP contribution in [0, 0.1) is 0 Å². The smallest absolute Gasteiger partial charge is 0.119 e. The van der Waals surface area contributed by atoms with Crippen LogP contribution in [-0.4, -0.2) is 19.0 Å². The Bertz CT molecular complexity index is 238. The maximum Gasteiger partial charge on any atom is 0.119 e. The lowest BCUT2D eigenvalue weighted by molar-refractivity contribution is 0.148. The molecule has 2 nitrogen and oxygen atoms in total. The molecule has 1 rings (SSSR count). The Labute approximate surface area is 89.8 Å². The summed E-state index contributed by atoms with van der Waals surface area (Å²) in [5.74, 6) is 0.899. The van der Waals surface area contributed by atoms with Crippen molar-refractivity contribution in [1.29, 1.82) is 0 Å². The summed E-state index contributed by atoms with van der Waals surface area (Å²) in [5, 5.41) is 0. The summed E-state index contributed by atoms with van der Waals surface area (Å²) in [4.78, 5) is 0. The topological polar surface area (TPSA) is 18.5 Å². The van der Waals surface area contributed by atoms with Crippen LogP contribution in [-0.2, 0) is 4.18 Å². The average Bonchev–Trinajstić information content (AvgIpc) is 2.25. The van der Waals surface area contributed by atoms with E-state index in [1.807, 2.05) is 36.6 Å². The van der Waals surface area contributed by atoms with E-state index in [9.17, 15) is 0 Å². The Hall–Kier alpha value is -0.670. The van der Waals surface area contributed by atoms with Crippen molar-refractivity contribution in [3.63, 3.8) is 0 Å². The summed E-state index contributed by atoms with van der Waals surface area (Å²) in [6, 6.07) is 9.80. The lowest BCUT2D eigenvalue weighted by atomic mass is 10.3. The molecule has 0 radical (unpaired) electrons. The fourth-order valence-corrected chi connectivity index (χ4v) is 1.52. The molecule has 1 aromatic rings. The molecule has 78 valence electrons. The summed E-state index contributed by atoms with van der Waals surface area (Å²) in [6.45, 7) is 2.70. The fourth-order valence-electron chi connectivity index (χ4n) is 1.06. The maximum absolute atomic E-state index is 5.57. The SMILES string of the molecule is CCC(COc1ccccc1)OSC. The summed E-state index contributed by atoms with van der Waals surface area (Å²) in [6.07, 6.45) is 3.06. The molecule has 0 aliphatic rings. The van der Waals surface area contributed by atoms with Crippen molar-refractivity contribution in [1.82, 2.24) is 0 Å². The van der Waals surface area contributed by atoms with Gasteiger partial charge in [0.25, 0.3) is 0 Å². The van der Waals surface area contributed by atoms with Gasteiger partial charge in [0.05, 0.1) is 0 Å². The number of ether oxygens (including phenoxy) is 1. The minimum absolute atomic E-state index is 0.171. The molecule has 3 heteroatoms. The third kappa shape index (κ3) is 4.03. The predicted molar refractivity (Wildman–Crippen MR) is 60.6 cm³/mol. The van der Waals surface area contributed by atoms with Gasteiger partial charge in [-0.1, -0.05) is 25.1 Å². The van der Waals surface area contributed by atoms with Gasteiger partial charge in [0.15, 0.2) is 0 Å². The highest BCUT2D eigenvalue weighted by molar-refractivity contribution is 7.93. The van der Waals surface area contributed by atoms with Gasteiger partial charge in [-0.25, -0.2) is 0 Å². The van der Waals surface area contributed by atoms with Crippen LogP contribution in [0.15, 0.2) is 30.3 Å². The zero-order chi connectivity index (χ0) is 10.2. The molecule has 14 heavy (non-hydrogen) atoms. The zero-order valence-corrected chi connectivity index (χ0v) is 9.42. The Morgan fingerprint density at radius 3 is 2.57 bits per heavy atom. The fraction of sp³-hybridized carbons (Fsp3) is 0.455. The number of hydrogen-bond donors (Lipinski definition) is 0. The normalized spacial score (nSPS) is 12.4. The second kappa shape index (κ2) is 6.74. The molecule has 0 fully saturated rings. The van der Waals surface area contributed by atoms with Crippen molar-refractivity contribution in [2.45, 2.75) is 19.4 Å². The molecule has 1 atom stereocenters. The van der Waals surface area contributed by atoms with Gasteiger partial charge in [0, 0.05) is 6.26 Å². The van der Waals surface area contributed by atoms with Crippen LogP contribution in [0.5, 0.6) is 5.75 Å². The molecule has 0 spiro atoms. The quantitative estimate of drug-likeness (QED) is 0.675. The van der Waals surface area contributed by atoms with Crippen molar-refractivity contribution < 1.29 is 8.92 Å². The summed E-state index contributed by atoms with van der Waals surface area (Å²) in [5.41, 5.74) is 0. The second-order valence-electron chi connectivity index (χ2n) is 2.92. The van der Waals surface area contributed by atoms with E-state index in [2.05, 4.69) is 6.92 Å². The van der Waals surface area contributed by atoms with Crippen molar-refractivity contribution >= 4 is 12.0 Å². The first kappa shape index (κ1) is 11.4. The number of rotatable bonds is 6. The standard InChI is InChI=1S/C11H16O2S/c1-3-10(13-14-2)9-12-11-7-5-4-6-8-11/h4-8,10H,3,9H2,1-2H3. The van der Waals surface area contributed by atoms with Gasteiger partial charge in [-0.05, 0) is 30.6 Å². The summed E-state index contributed by atoms with van der Waals surface area (Å²) >= 11 is 1.39. The molecule has 0 aliphatic heterocycles. The molecular formula is C11H16O2S. The van der Waals surface area contributed by atoms with Gasteiger partial charge in [-0.2, -0.15) is 0 Å². The molecule has 0 saturated carbocycles. The first-order chi connectivity index (χ1) is 6.86. The molecular weight excluding hydrogens is 196 g/mol. The first-order valence-corrected chi connectivity index (χ1v) is 5.89. The van der Waals surface area contributed by atoms with Gasteiger partial charge in [0.2, 0.25) is 0 Å². The Morgan fingerprint density at radius 1 is 1.29 bits per heavy atom. The highest BCUT2D eigenvalue weighted by atomic mass is 32.2. The minimum Gasteiger partial charge on any atom is -0.491 e. The minimum atomic E-state index is 0.171. The molecule has 0 amide bonds. The van der Waals surface area contributed by atoms with Crippen LogP contribution < -0.4 is 4.74 Å². The number of hydrogen-bond acceptors (Lipinski definition) is 3. The van der Waals surface area contributed by atoms with E-state index in [1.54, 1.807) is 0 Å². The van der Waals surface area contributed by atoms with Crippen molar-refractivity contribution in [2.75, 3.05) is 12.9 Å². The molecule has 0 aromatic heterocycles. The molecule has 1 aromatic carbocycles. The Balaban J connectivity index is 2.32. The molecule has 0 N–H and O–H groups in total. The van der Waals surface area contributed by atoms with Crippen LogP contribution in [0.4, 0.5) is 0 Å². The summed E-state index contributed by atoms with van der Waals surface area (Å²) in [7, 11) is 0. The molecule has 0 heterocycles. The van der Waals surface area contributed by atoms with Gasteiger partial charge in [-0.3, -0.25) is 0 Å². The second-order valence-corrected chi connectivity index (χ2v) is 3.44. The molecule has 0 bridgehead atoms. The van der Waals surface area contributed by atoms with E-state index in [1.165, 1.54) is 12.0 Å². The van der Waals surface area contributed by atoms with Crippen molar-refractivity contribution in [3.8, 4) is 5.75 Å². The van der Waals surface area contributed by atoms with Crippen molar-refractivity contribution in [2.24, 2.45) is 0 Å². The first-order valence-electron chi connectivity index (χ1n) is 4.74. The average molecular weight is 212 g/mol. The van der Waals surface area contributed by atoms with Gasteiger partial charge >= 0.3 is 0 Å². The molecule has 1 unspecified atom stereocenters. The highest BCUT2D eigenvalue weighted by Gasteiger charge is 2.06. The van der Waals surface area contributed by atoms with Gasteiger partial charge < -0.3 is 8.92 Å². The predicted octanol–water partition coefficient (Wildman–Crippen LogP) is 3.14. The third-order valence-electron chi connectivity index (χ3n) is 1.87. The van der Waals surface area contributed by atoms with Gasteiger partial charge in [0.1, 0.15) is 18.5 Å². The lowest BCUT2D eigenvalue weighted by Gasteiger charge is -2.14. The zero-order valence-electron chi connectivity index (χ0n) is 8.60. The monoisotopic (exact) mass is 212 g/mol. The van der Waals surface area contributed by atoms with Crippen LogP contribution >= 0.6 is 12.0 Å². The third-order valence-corrected chi connectivity index (χ3v) is 2.33.